The van der Waals surface area contributed by atoms with Gasteiger partial charge in [0, 0.05) is 17.7 Å². The summed E-state index contributed by atoms with van der Waals surface area (Å²) >= 11 is 3.16. The molecule has 0 radical (unpaired) electrons. The van der Waals surface area contributed by atoms with Crippen LogP contribution in [-0.2, 0) is 10.5 Å². The van der Waals surface area contributed by atoms with E-state index in [1.807, 2.05) is 31.4 Å². The van der Waals surface area contributed by atoms with Crippen LogP contribution in [0.3, 0.4) is 0 Å². The van der Waals surface area contributed by atoms with Crippen LogP contribution in [0.25, 0.3) is 10.8 Å². The lowest BCUT2D eigenvalue weighted by molar-refractivity contribution is -0.120. The number of nitrogens with one attached hydrogen (secondary N) is 1. The third-order valence-corrected chi connectivity index (χ3v) is 4.77. The number of furan rings is 1. The maximum atomic E-state index is 11.8. The Labute approximate surface area is 127 Å². The van der Waals surface area contributed by atoms with E-state index in [1.165, 1.54) is 0 Å². The molecule has 2 aromatic rings. The summed E-state index contributed by atoms with van der Waals surface area (Å²) in [5.74, 6) is 1.62. The Bertz CT molecular complexity index is 537. The molecule has 0 bridgehead atoms. The molecular weight excluding hydrogens is 292 g/mol. The number of hydrogen-bond donors (Lipinski definition) is 1. The molecule has 4 nitrogen and oxygen atoms in total. The summed E-state index contributed by atoms with van der Waals surface area (Å²) in [5, 5.41) is 5.74. The van der Waals surface area contributed by atoms with Crippen LogP contribution in [0.4, 0.5) is 0 Å². The first-order chi connectivity index (χ1) is 9.70. The van der Waals surface area contributed by atoms with E-state index in [4.69, 9.17) is 4.42 Å². The zero-order chi connectivity index (χ0) is 14.4. The first-order valence-electron chi connectivity index (χ1n) is 6.58. The van der Waals surface area contributed by atoms with Crippen molar-refractivity contribution < 1.29 is 9.21 Å². The quantitative estimate of drug-likeness (QED) is 0.849. The third kappa shape index (κ3) is 4.11. The third-order valence-electron chi connectivity index (χ3n) is 2.68. The number of carbonyl (C=O) groups excluding carboxylic acids is 1. The summed E-state index contributed by atoms with van der Waals surface area (Å²) in [4.78, 5) is 16.3. The van der Waals surface area contributed by atoms with Gasteiger partial charge in [-0.1, -0.05) is 6.92 Å². The predicted octanol–water partition coefficient (Wildman–Crippen LogP) is 3.55. The molecule has 0 saturated carbocycles. The Morgan fingerprint density at radius 2 is 2.45 bits per heavy atom. The second-order valence-corrected chi connectivity index (χ2v) is 6.55. The van der Waals surface area contributed by atoms with Crippen LogP contribution in [-0.4, -0.2) is 22.7 Å². The maximum Gasteiger partial charge on any atom is 0.232 e. The molecule has 20 heavy (non-hydrogen) atoms. The number of thiazole rings is 1. The lowest BCUT2D eigenvalue weighted by Crippen LogP contribution is -2.31. The van der Waals surface area contributed by atoms with Crippen molar-refractivity contribution in [1.82, 2.24) is 10.3 Å². The number of amides is 1. The minimum atomic E-state index is -0.0599. The van der Waals surface area contributed by atoms with E-state index in [-0.39, 0.29) is 11.2 Å². The molecule has 1 atom stereocenters. The van der Waals surface area contributed by atoms with Crippen LogP contribution in [0.5, 0.6) is 0 Å². The van der Waals surface area contributed by atoms with E-state index in [2.05, 4.69) is 10.3 Å². The molecule has 1 N–H and O–H groups in total. The smallest absolute Gasteiger partial charge is 0.232 e. The van der Waals surface area contributed by atoms with Crippen molar-refractivity contribution >= 4 is 29.0 Å². The first-order valence-corrected chi connectivity index (χ1v) is 8.51. The molecule has 0 aliphatic rings. The normalized spacial score (nSPS) is 12.3. The van der Waals surface area contributed by atoms with E-state index in [0.717, 1.165) is 35.2 Å². The van der Waals surface area contributed by atoms with Crippen molar-refractivity contribution in [3.8, 4) is 10.8 Å². The van der Waals surface area contributed by atoms with Crippen LogP contribution in [0.2, 0.25) is 0 Å². The summed E-state index contributed by atoms with van der Waals surface area (Å²) in [6.45, 7) is 4.71. The molecule has 0 aromatic carbocycles. The van der Waals surface area contributed by atoms with Crippen LogP contribution in [0.15, 0.2) is 28.2 Å². The monoisotopic (exact) mass is 310 g/mol. The molecule has 6 heteroatoms. The number of nitrogens with zero attached hydrogens (tertiary/aromatic N) is 1. The van der Waals surface area contributed by atoms with Gasteiger partial charge in [0.2, 0.25) is 5.91 Å². The van der Waals surface area contributed by atoms with Gasteiger partial charge in [0.1, 0.15) is 0 Å². The van der Waals surface area contributed by atoms with Crippen LogP contribution in [0.1, 0.15) is 26.0 Å². The molecule has 0 fully saturated rings. The standard InChI is InChI=1S/C14H18N2O2S2/c1-3-6-15-13(17)10(2)19-8-11-9-20-14(16-11)12-5-4-7-18-12/h4-5,7,9-10H,3,6,8H2,1-2H3,(H,15,17). The fourth-order valence-corrected chi connectivity index (χ4v) is 3.26. The molecule has 0 spiro atoms. The number of rotatable bonds is 7. The minimum Gasteiger partial charge on any atom is -0.462 e. The van der Waals surface area contributed by atoms with Crippen LogP contribution in [0, 0.1) is 0 Å². The Balaban J connectivity index is 1.84. The largest absolute Gasteiger partial charge is 0.462 e. The van der Waals surface area contributed by atoms with Crippen molar-refractivity contribution in [3.63, 3.8) is 0 Å². The molecule has 0 saturated heterocycles. The molecule has 108 valence electrons. The average molecular weight is 310 g/mol. The fraction of sp³-hybridized carbons (Fsp3) is 0.429. The Morgan fingerprint density at radius 3 is 3.15 bits per heavy atom. The van der Waals surface area contributed by atoms with E-state index in [1.54, 1.807) is 29.4 Å². The molecule has 0 aliphatic heterocycles. The number of carbonyl (C=O) groups is 1. The van der Waals surface area contributed by atoms with Gasteiger partial charge >= 0.3 is 0 Å². The van der Waals surface area contributed by atoms with Crippen molar-refractivity contribution in [1.29, 1.82) is 0 Å². The van der Waals surface area contributed by atoms with Gasteiger partial charge < -0.3 is 9.73 Å². The molecule has 0 aliphatic carbocycles. The average Bonchev–Trinajstić information content (AvgIpc) is 3.12. The summed E-state index contributed by atoms with van der Waals surface area (Å²) in [7, 11) is 0. The van der Waals surface area contributed by atoms with Gasteiger partial charge in [0.25, 0.3) is 0 Å². The van der Waals surface area contributed by atoms with Crippen molar-refractivity contribution in [2.45, 2.75) is 31.3 Å². The second-order valence-electron chi connectivity index (χ2n) is 4.37. The Morgan fingerprint density at radius 1 is 1.60 bits per heavy atom. The summed E-state index contributed by atoms with van der Waals surface area (Å²) in [5.41, 5.74) is 0.988. The van der Waals surface area contributed by atoms with Crippen LogP contribution < -0.4 is 5.32 Å². The number of hydrogen-bond acceptors (Lipinski definition) is 5. The lowest BCUT2D eigenvalue weighted by Gasteiger charge is -2.10. The van der Waals surface area contributed by atoms with Gasteiger partial charge in [-0.2, -0.15) is 0 Å². The van der Waals surface area contributed by atoms with E-state index in [9.17, 15) is 4.79 Å². The lowest BCUT2D eigenvalue weighted by atomic mass is 10.4. The number of thioether (sulfide) groups is 1. The first kappa shape index (κ1) is 15.1. The van der Waals surface area contributed by atoms with Gasteiger partial charge in [-0.25, -0.2) is 4.98 Å². The number of aromatic nitrogens is 1. The van der Waals surface area contributed by atoms with Gasteiger partial charge in [-0.3, -0.25) is 4.79 Å². The molecule has 1 amide bonds. The molecule has 2 heterocycles. The van der Waals surface area contributed by atoms with Gasteiger partial charge in [-0.15, -0.1) is 23.1 Å². The van der Waals surface area contributed by atoms with Gasteiger partial charge in [-0.05, 0) is 25.5 Å². The second kappa shape index (κ2) is 7.50. The topological polar surface area (TPSA) is 55.1 Å². The highest BCUT2D eigenvalue weighted by atomic mass is 32.2. The zero-order valence-electron chi connectivity index (χ0n) is 11.6. The minimum absolute atomic E-state index is 0.0599. The van der Waals surface area contributed by atoms with E-state index in [0.29, 0.717) is 0 Å². The SMILES string of the molecule is CCCNC(=O)C(C)SCc1csc(-c2ccco2)n1. The van der Waals surface area contributed by atoms with Crippen LogP contribution >= 0.6 is 23.1 Å². The fourth-order valence-electron chi connectivity index (χ4n) is 1.56. The van der Waals surface area contributed by atoms with Crippen molar-refractivity contribution in [2.24, 2.45) is 0 Å². The zero-order valence-corrected chi connectivity index (χ0v) is 13.2. The van der Waals surface area contributed by atoms with E-state index < -0.39 is 0 Å². The molecule has 1 unspecified atom stereocenters. The Kier molecular flexibility index (Phi) is 5.67. The molecular formula is C14H18N2O2S2. The van der Waals surface area contributed by atoms with Gasteiger partial charge in [0.05, 0.1) is 17.2 Å². The predicted molar refractivity (Wildman–Crippen MR) is 83.9 cm³/mol. The van der Waals surface area contributed by atoms with Crippen molar-refractivity contribution in [2.75, 3.05) is 6.54 Å². The highest BCUT2D eigenvalue weighted by molar-refractivity contribution is 7.99. The van der Waals surface area contributed by atoms with E-state index >= 15 is 0 Å². The van der Waals surface area contributed by atoms with Gasteiger partial charge in [0.15, 0.2) is 10.8 Å². The summed E-state index contributed by atoms with van der Waals surface area (Å²) < 4.78 is 5.32. The summed E-state index contributed by atoms with van der Waals surface area (Å²) in [6.07, 6.45) is 2.60. The summed E-state index contributed by atoms with van der Waals surface area (Å²) in [6, 6.07) is 3.75. The maximum absolute atomic E-state index is 11.8. The molecule has 2 rings (SSSR count). The highest BCUT2D eigenvalue weighted by Crippen LogP contribution is 2.26. The molecule has 2 aromatic heterocycles. The Hall–Kier alpha value is -1.27. The highest BCUT2D eigenvalue weighted by Gasteiger charge is 2.14. The van der Waals surface area contributed by atoms with Crippen molar-refractivity contribution in [3.05, 3.63) is 29.5 Å².